The van der Waals surface area contributed by atoms with Gasteiger partial charge in [0.2, 0.25) is 0 Å². The van der Waals surface area contributed by atoms with Gasteiger partial charge in [-0.05, 0) is 43.8 Å². The lowest BCUT2D eigenvalue weighted by Gasteiger charge is -2.26. The molecule has 4 rings (SSSR count). The number of pyridine rings is 1. The van der Waals surface area contributed by atoms with E-state index in [1.165, 1.54) is 19.1 Å². The summed E-state index contributed by atoms with van der Waals surface area (Å²) in [6.07, 6.45) is 6.28. The number of carbonyl (C=O) groups is 1. The molecule has 0 aromatic carbocycles. The number of anilines is 1. The summed E-state index contributed by atoms with van der Waals surface area (Å²) in [5.74, 6) is 0.880. The van der Waals surface area contributed by atoms with Crippen LogP contribution in [0.25, 0.3) is 0 Å². The fraction of sp³-hybridized carbons (Fsp3) is 0.435. The smallest absolute Gasteiger partial charge is 0.268 e. The van der Waals surface area contributed by atoms with Crippen LogP contribution in [0.2, 0.25) is 0 Å². The van der Waals surface area contributed by atoms with Gasteiger partial charge in [0.05, 0.1) is 0 Å². The average molecular weight is 454 g/mol. The fourth-order valence-corrected chi connectivity index (χ4v) is 5.26. The van der Waals surface area contributed by atoms with Gasteiger partial charge in [0, 0.05) is 86.0 Å². The number of nitrogens with one attached hydrogen (secondary N) is 2. The summed E-state index contributed by atoms with van der Waals surface area (Å²) in [5.41, 5.74) is 10.4. The molecule has 0 saturated carbocycles. The third kappa shape index (κ3) is 4.68. The Morgan fingerprint density at radius 3 is 2.88 bits per heavy atom. The van der Waals surface area contributed by atoms with E-state index in [1.54, 1.807) is 11.9 Å². The van der Waals surface area contributed by atoms with Gasteiger partial charge >= 0.3 is 0 Å². The van der Waals surface area contributed by atoms with Gasteiger partial charge < -0.3 is 25.9 Å². The zero-order valence-electron chi connectivity index (χ0n) is 18.7. The van der Waals surface area contributed by atoms with E-state index >= 15 is 0 Å². The second-order valence-corrected chi connectivity index (χ2v) is 9.44. The number of nitrogens with zero attached hydrogens (tertiary/aromatic N) is 4. The van der Waals surface area contributed by atoms with Crippen LogP contribution in [-0.2, 0) is 13.6 Å². The van der Waals surface area contributed by atoms with Gasteiger partial charge in [-0.3, -0.25) is 4.79 Å². The van der Waals surface area contributed by atoms with Gasteiger partial charge in [-0.1, -0.05) is 6.07 Å². The fourth-order valence-electron chi connectivity index (χ4n) is 4.16. The molecule has 2 aromatic rings. The van der Waals surface area contributed by atoms with Crippen molar-refractivity contribution in [3.8, 4) is 0 Å². The van der Waals surface area contributed by atoms with E-state index in [0.29, 0.717) is 18.8 Å². The third-order valence-electron chi connectivity index (χ3n) is 6.23. The zero-order chi connectivity index (χ0) is 22.7. The predicted octanol–water partition coefficient (Wildman–Crippen LogP) is 2.83. The Bertz CT molecular complexity index is 1040. The third-order valence-corrected chi connectivity index (χ3v) is 7.41. The van der Waals surface area contributed by atoms with Gasteiger partial charge in [0.25, 0.3) is 5.91 Å². The SMILES string of the molecule is Cc1c(SN2CCC(N)=C(C=N)C2)cc(C(=O)NCc2cccnc2N2CCCC2)n1C. The zero-order valence-corrected chi connectivity index (χ0v) is 19.5. The van der Waals surface area contributed by atoms with E-state index in [9.17, 15) is 4.79 Å². The summed E-state index contributed by atoms with van der Waals surface area (Å²) in [6.45, 7) is 5.97. The lowest BCUT2D eigenvalue weighted by atomic mass is 10.1. The maximum absolute atomic E-state index is 13.0. The minimum absolute atomic E-state index is 0.0957. The molecule has 0 unspecified atom stereocenters. The van der Waals surface area contributed by atoms with Crippen molar-refractivity contribution in [3.05, 3.63) is 52.6 Å². The van der Waals surface area contributed by atoms with Crippen LogP contribution in [0.5, 0.6) is 0 Å². The van der Waals surface area contributed by atoms with Crippen molar-refractivity contribution in [2.24, 2.45) is 12.8 Å². The number of nitrogens with two attached hydrogens (primary N) is 1. The summed E-state index contributed by atoms with van der Waals surface area (Å²) in [6, 6.07) is 5.91. The van der Waals surface area contributed by atoms with Crippen molar-refractivity contribution < 1.29 is 4.79 Å². The molecule has 170 valence electrons. The van der Waals surface area contributed by atoms with Crippen molar-refractivity contribution >= 4 is 29.9 Å². The quantitative estimate of drug-likeness (QED) is 0.440. The summed E-state index contributed by atoms with van der Waals surface area (Å²) in [7, 11) is 1.92. The molecule has 1 amide bonds. The monoisotopic (exact) mass is 453 g/mol. The highest BCUT2D eigenvalue weighted by Crippen LogP contribution is 2.31. The molecule has 0 aliphatic carbocycles. The molecule has 1 fully saturated rings. The summed E-state index contributed by atoms with van der Waals surface area (Å²) in [5, 5.41) is 10.6. The van der Waals surface area contributed by atoms with Crippen LogP contribution < -0.4 is 16.0 Å². The van der Waals surface area contributed by atoms with E-state index < -0.39 is 0 Å². The Morgan fingerprint density at radius 2 is 2.12 bits per heavy atom. The van der Waals surface area contributed by atoms with Crippen LogP contribution in [0, 0.1) is 12.3 Å². The van der Waals surface area contributed by atoms with Gasteiger partial charge in [-0.2, -0.15) is 0 Å². The molecule has 9 heteroatoms. The summed E-state index contributed by atoms with van der Waals surface area (Å²) >= 11 is 1.62. The van der Waals surface area contributed by atoms with Crippen LogP contribution in [0.1, 0.15) is 41.0 Å². The lowest BCUT2D eigenvalue weighted by Crippen LogP contribution is -2.29. The van der Waals surface area contributed by atoms with Crippen molar-refractivity contribution in [1.29, 1.82) is 5.41 Å². The Balaban J connectivity index is 1.44. The highest BCUT2D eigenvalue weighted by Gasteiger charge is 2.22. The Morgan fingerprint density at radius 1 is 1.34 bits per heavy atom. The minimum Gasteiger partial charge on any atom is -0.402 e. The van der Waals surface area contributed by atoms with Crippen LogP contribution >= 0.6 is 11.9 Å². The maximum atomic E-state index is 13.0. The van der Waals surface area contributed by atoms with Crippen molar-refractivity contribution in [3.63, 3.8) is 0 Å². The topological polar surface area (TPSA) is 103 Å². The molecule has 0 radical (unpaired) electrons. The highest BCUT2D eigenvalue weighted by molar-refractivity contribution is 7.97. The number of carbonyl (C=O) groups excluding carboxylic acids is 1. The summed E-state index contributed by atoms with van der Waals surface area (Å²) in [4.78, 5) is 20.9. The highest BCUT2D eigenvalue weighted by atomic mass is 32.2. The largest absolute Gasteiger partial charge is 0.402 e. The van der Waals surface area contributed by atoms with Crippen molar-refractivity contribution in [1.82, 2.24) is 19.2 Å². The molecule has 1 saturated heterocycles. The molecule has 4 N–H and O–H groups in total. The first-order valence-corrected chi connectivity index (χ1v) is 11.8. The van der Waals surface area contributed by atoms with Crippen LogP contribution in [0.15, 0.2) is 40.6 Å². The van der Waals surface area contributed by atoms with Gasteiger partial charge in [-0.15, -0.1) is 0 Å². The normalized spacial score (nSPS) is 17.1. The molecule has 2 aromatic heterocycles. The molecule has 4 heterocycles. The molecule has 32 heavy (non-hydrogen) atoms. The second kappa shape index (κ2) is 9.79. The molecule has 0 atom stereocenters. The number of hydrogen-bond donors (Lipinski definition) is 3. The van der Waals surface area contributed by atoms with Crippen molar-refractivity contribution in [2.45, 2.75) is 37.6 Å². The van der Waals surface area contributed by atoms with E-state index in [1.807, 2.05) is 42.9 Å². The first-order chi connectivity index (χ1) is 15.5. The molecule has 0 spiro atoms. The van der Waals surface area contributed by atoms with Crippen molar-refractivity contribution in [2.75, 3.05) is 31.1 Å². The minimum atomic E-state index is -0.0957. The van der Waals surface area contributed by atoms with Crippen LogP contribution in [-0.4, -0.2) is 52.2 Å². The second-order valence-electron chi connectivity index (χ2n) is 8.30. The Kier molecular flexibility index (Phi) is 6.86. The molecule has 0 bridgehead atoms. The van der Waals surface area contributed by atoms with E-state index in [4.69, 9.17) is 11.1 Å². The number of rotatable bonds is 7. The first kappa shape index (κ1) is 22.4. The van der Waals surface area contributed by atoms with Crippen LogP contribution in [0.4, 0.5) is 5.82 Å². The average Bonchev–Trinajstić information content (AvgIpc) is 3.43. The number of amides is 1. The van der Waals surface area contributed by atoms with Gasteiger partial charge in [0.15, 0.2) is 0 Å². The maximum Gasteiger partial charge on any atom is 0.268 e. The summed E-state index contributed by atoms with van der Waals surface area (Å²) < 4.78 is 4.13. The standard InChI is InChI=1S/C23H31N7OS/c1-16-21(32-30-11-7-19(25)18(13-24)15-30)12-20(28(16)2)23(31)27-14-17-6-5-8-26-22(17)29-9-3-4-10-29/h5-6,8,12-13,24H,3-4,7,9-11,14-15,25H2,1-2H3,(H,27,31). The van der Waals surface area contributed by atoms with E-state index in [-0.39, 0.29) is 5.91 Å². The van der Waals surface area contributed by atoms with Gasteiger partial charge in [0.1, 0.15) is 11.5 Å². The van der Waals surface area contributed by atoms with E-state index in [0.717, 1.165) is 59.3 Å². The lowest BCUT2D eigenvalue weighted by molar-refractivity contribution is 0.0942. The number of aromatic nitrogens is 2. The van der Waals surface area contributed by atoms with Gasteiger partial charge in [-0.25, -0.2) is 9.29 Å². The number of hydrogen-bond acceptors (Lipinski definition) is 7. The predicted molar refractivity (Wildman–Crippen MR) is 129 cm³/mol. The Labute approximate surface area is 193 Å². The van der Waals surface area contributed by atoms with E-state index in [2.05, 4.69) is 19.5 Å². The van der Waals surface area contributed by atoms with Crippen LogP contribution in [0.3, 0.4) is 0 Å². The molecular formula is C23H31N7OS. The first-order valence-electron chi connectivity index (χ1n) is 11.0. The molecule has 2 aliphatic heterocycles. The molecule has 8 nitrogen and oxygen atoms in total. The Hall–Kier alpha value is -2.78. The molecule has 2 aliphatic rings. The molecular weight excluding hydrogens is 422 g/mol.